The number of aryl methyl sites for hydroxylation is 1. The Labute approximate surface area is 170 Å². The SMILES string of the molecule is O=C1CCC(C(=O)N2CCC3(CC2)C[C@@H]3C(=O)NCCCc2ccncc2)=NN1. The first kappa shape index (κ1) is 19.5. The summed E-state index contributed by atoms with van der Waals surface area (Å²) in [5, 5.41) is 6.98. The van der Waals surface area contributed by atoms with Crippen LogP contribution in [0.4, 0.5) is 0 Å². The number of carbonyl (C=O) groups excluding carboxylic acids is 3. The highest BCUT2D eigenvalue weighted by Crippen LogP contribution is 2.59. The molecule has 1 aromatic rings. The van der Waals surface area contributed by atoms with Crippen molar-refractivity contribution >= 4 is 23.4 Å². The fraction of sp³-hybridized carbons (Fsp3) is 0.571. The Morgan fingerprint density at radius 3 is 2.66 bits per heavy atom. The Morgan fingerprint density at radius 2 is 1.97 bits per heavy atom. The number of pyridine rings is 1. The average Bonchev–Trinajstić information content (AvgIpc) is 3.46. The molecule has 8 heteroatoms. The zero-order valence-electron chi connectivity index (χ0n) is 16.5. The molecule has 0 aromatic carbocycles. The molecule has 1 aliphatic carbocycles. The number of likely N-dealkylation sites (tertiary alicyclic amines) is 1. The predicted molar refractivity (Wildman–Crippen MR) is 107 cm³/mol. The van der Waals surface area contributed by atoms with Crippen molar-refractivity contribution in [2.75, 3.05) is 19.6 Å². The number of rotatable bonds is 6. The van der Waals surface area contributed by atoms with Crippen LogP contribution in [-0.2, 0) is 20.8 Å². The molecule has 0 bridgehead atoms. The number of nitrogens with one attached hydrogen (secondary N) is 2. The Morgan fingerprint density at radius 1 is 1.21 bits per heavy atom. The molecule has 2 aliphatic heterocycles. The van der Waals surface area contributed by atoms with Crippen molar-refractivity contribution in [3.8, 4) is 0 Å². The highest BCUT2D eigenvalue weighted by molar-refractivity contribution is 6.39. The summed E-state index contributed by atoms with van der Waals surface area (Å²) >= 11 is 0. The van der Waals surface area contributed by atoms with Gasteiger partial charge in [0.15, 0.2) is 0 Å². The number of aromatic nitrogens is 1. The number of piperidine rings is 1. The lowest BCUT2D eigenvalue weighted by molar-refractivity contribution is -0.126. The van der Waals surface area contributed by atoms with Gasteiger partial charge in [-0.05, 0) is 55.2 Å². The molecule has 3 amide bonds. The predicted octanol–water partition coefficient (Wildman–Crippen LogP) is 1.03. The van der Waals surface area contributed by atoms with Crippen LogP contribution in [0, 0.1) is 11.3 Å². The molecule has 154 valence electrons. The van der Waals surface area contributed by atoms with E-state index >= 15 is 0 Å². The zero-order valence-corrected chi connectivity index (χ0v) is 16.5. The summed E-state index contributed by atoms with van der Waals surface area (Å²) in [5.41, 5.74) is 4.11. The van der Waals surface area contributed by atoms with Gasteiger partial charge in [-0.25, -0.2) is 5.43 Å². The molecule has 0 radical (unpaired) electrons. The van der Waals surface area contributed by atoms with Gasteiger partial charge < -0.3 is 10.2 Å². The second-order valence-corrected chi connectivity index (χ2v) is 8.25. The minimum atomic E-state index is -0.147. The molecule has 1 atom stereocenters. The van der Waals surface area contributed by atoms with E-state index in [1.165, 1.54) is 5.56 Å². The van der Waals surface area contributed by atoms with Crippen LogP contribution in [0.5, 0.6) is 0 Å². The van der Waals surface area contributed by atoms with E-state index in [0.717, 1.165) is 32.1 Å². The lowest BCUT2D eigenvalue weighted by Gasteiger charge is -2.33. The van der Waals surface area contributed by atoms with Gasteiger partial charge in [-0.15, -0.1) is 0 Å². The monoisotopic (exact) mass is 397 g/mol. The molecule has 1 aromatic heterocycles. The summed E-state index contributed by atoms with van der Waals surface area (Å²) in [5.74, 6) is -0.00442. The minimum absolute atomic E-state index is 0.0640. The van der Waals surface area contributed by atoms with Crippen molar-refractivity contribution in [1.29, 1.82) is 0 Å². The first-order valence-corrected chi connectivity index (χ1v) is 10.4. The van der Waals surface area contributed by atoms with Crippen molar-refractivity contribution < 1.29 is 14.4 Å². The van der Waals surface area contributed by atoms with Crippen LogP contribution < -0.4 is 10.7 Å². The average molecular weight is 397 g/mol. The van der Waals surface area contributed by atoms with E-state index in [0.29, 0.717) is 38.2 Å². The lowest BCUT2D eigenvalue weighted by atomic mass is 9.90. The van der Waals surface area contributed by atoms with Crippen molar-refractivity contribution in [1.82, 2.24) is 20.6 Å². The highest BCUT2D eigenvalue weighted by atomic mass is 16.2. The second-order valence-electron chi connectivity index (χ2n) is 8.25. The fourth-order valence-electron chi connectivity index (χ4n) is 4.41. The van der Waals surface area contributed by atoms with Gasteiger partial charge in [0.05, 0.1) is 0 Å². The van der Waals surface area contributed by atoms with Gasteiger partial charge in [-0.3, -0.25) is 19.4 Å². The maximum atomic E-state index is 12.6. The van der Waals surface area contributed by atoms with Crippen LogP contribution in [-0.4, -0.2) is 53.0 Å². The maximum absolute atomic E-state index is 12.6. The molecule has 2 fully saturated rings. The topological polar surface area (TPSA) is 104 Å². The van der Waals surface area contributed by atoms with Crippen LogP contribution in [0.15, 0.2) is 29.6 Å². The summed E-state index contributed by atoms with van der Waals surface area (Å²) in [7, 11) is 0. The third-order valence-electron chi connectivity index (χ3n) is 6.39. The molecule has 1 saturated heterocycles. The largest absolute Gasteiger partial charge is 0.356 e. The minimum Gasteiger partial charge on any atom is -0.356 e. The first-order valence-electron chi connectivity index (χ1n) is 10.4. The maximum Gasteiger partial charge on any atom is 0.270 e. The molecule has 1 saturated carbocycles. The molecule has 4 rings (SSSR count). The van der Waals surface area contributed by atoms with Crippen LogP contribution in [0.3, 0.4) is 0 Å². The van der Waals surface area contributed by atoms with Crippen molar-refractivity contribution in [2.45, 2.75) is 44.9 Å². The molecule has 3 aliphatic rings. The van der Waals surface area contributed by atoms with E-state index in [4.69, 9.17) is 0 Å². The van der Waals surface area contributed by atoms with Crippen molar-refractivity contribution in [3.05, 3.63) is 30.1 Å². The fourth-order valence-corrected chi connectivity index (χ4v) is 4.41. The van der Waals surface area contributed by atoms with Crippen molar-refractivity contribution in [3.63, 3.8) is 0 Å². The van der Waals surface area contributed by atoms with Gasteiger partial charge in [0.2, 0.25) is 11.8 Å². The third-order valence-corrected chi connectivity index (χ3v) is 6.39. The van der Waals surface area contributed by atoms with E-state index in [9.17, 15) is 14.4 Å². The number of nitrogens with zero attached hydrogens (tertiary/aromatic N) is 3. The van der Waals surface area contributed by atoms with Gasteiger partial charge in [0.25, 0.3) is 5.91 Å². The zero-order chi connectivity index (χ0) is 20.3. The van der Waals surface area contributed by atoms with E-state index in [2.05, 4.69) is 20.8 Å². The van der Waals surface area contributed by atoms with Crippen LogP contribution in [0.1, 0.15) is 44.1 Å². The van der Waals surface area contributed by atoms with E-state index in [1.54, 1.807) is 12.4 Å². The number of hydrogen-bond acceptors (Lipinski definition) is 5. The van der Waals surface area contributed by atoms with Gasteiger partial charge >= 0.3 is 0 Å². The number of hydrazone groups is 1. The Bertz CT molecular complexity index is 815. The molecular formula is C21H27N5O3. The molecule has 2 N–H and O–H groups in total. The van der Waals surface area contributed by atoms with Gasteiger partial charge in [-0.1, -0.05) is 0 Å². The normalized spacial score (nSPS) is 22.6. The lowest BCUT2D eigenvalue weighted by Crippen LogP contribution is -2.45. The van der Waals surface area contributed by atoms with Gasteiger partial charge in [0.1, 0.15) is 5.71 Å². The van der Waals surface area contributed by atoms with E-state index < -0.39 is 0 Å². The van der Waals surface area contributed by atoms with Crippen LogP contribution in [0.2, 0.25) is 0 Å². The Hall–Kier alpha value is -2.77. The summed E-state index contributed by atoms with van der Waals surface area (Å²) in [6.45, 7) is 1.99. The standard InChI is InChI=1S/C21H27N5O3/c27-18-4-3-17(24-25-18)20(29)26-12-7-21(8-13-26)14-16(21)19(28)23-9-1-2-15-5-10-22-11-6-15/h5-6,10-11,16H,1-4,7-9,12-14H2,(H,23,28)(H,25,27)/t16-/m1/s1. The number of amides is 3. The van der Waals surface area contributed by atoms with E-state index in [-0.39, 0.29) is 29.1 Å². The molecule has 8 nitrogen and oxygen atoms in total. The van der Waals surface area contributed by atoms with Gasteiger partial charge in [-0.2, -0.15) is 5.10 Å². The Balaban J connectivity index is 1.18. The quantitative estimate of drug-likeness (QED) is 0.700. The summed E-state index contributed by atoms with van der Waals surface area (Å²) in [4.78, 5) is 42.1. The van der Waals surface area contributed by atoms with Gasteiger partial charge in [0, 0.05) is 50.8 Å². The van der Waals surface area contributed by atoms with Crippen LogP contribution in [0.25, 0.3) is 0 Å². The molecule has 29 heavy (non-hydrogen) atoms. The number of hydrogen-bond donors (Lipinski definition) is 2. The molecule has 3 heterocycles. The van der Waals surface area contributed by atoms with E-state index in [1.807, 2.05) is 17.0 Å². The second kappa shape index (κ2) is 8.31. The molecular weight excluding hydrogens is 370 g/mol. The van der Waals surface area contributed by atoms with Crippen molar-refractivity contribution in [2.24, 2.45) is 16.4 Å². The summed E-state index contributed by atoms with van der Waals surface area (Å²) in [6.07, 6.45) is 8.76. The highest BCUT2D eigenvalue weighted by Gasteiger charge is 2.58. The Kier molecular flexibility index (Phi) is 5.60. The smallest absolute Gasteiger partial charge is 0.270 e. The number of carbonyl (C=O) groups is 3. The molecule has 0 unspecified atom stereocenters. The molecule has 1 spiro atoms. The summed E-state index contributed by atoms with van der Waals surface area (Å²) in [6, 6.07) is 4.00. The summed E-state index contributed by atoms with van der Waals surface area (Å²) < 4.78 is 0. The first-order chi connectivity index (χ1) is 14.1. The third kappa shape index (κ3) is 4.46. The van der Waals surface area contributed by atoms with Crippen LogP contribution >= 0.6 is 0 Å².